The molecule has 0 amide bonds. The monoisotopic (exact) mass is 577 g/mol. The summed E-state index contributed by atoms with van der Waals surface area (Å²) in [5.41, 5.74) is 0. The first-order chi connectivity index (χ1) is 19.6. The van der Waals surface area contributed by atoms with Crippen LogP contribution >= 0.6 is 0 Å². The van der Waals surface area contributed by atoms with Gasteiger partial charge in [0.2, 0.25) is 0 Å². The molecule has 0 fully saturated rings. The topological polar surface area (TPSA) is 0 Å². The van der Waals surface area contributed by atoms with Crippen LogP contribution in [0.2, 0.25) is 0 Å². The molecule has 0 aromatic rings. The Labute approximate surface area is 263 Å². The standard InChI is InChI=1S/C41H84/c1-11-34(3)20-13-22-36(5)24-15-26-38(7)28-17-30-40(9)32-19-33-41(10)31-18-29-39(8)27-16-25-37(6)23-14-21-35(4)12-2/h34-41H,11-33H2,1-10H3. The molecule has 0 nitrogen and oxygen atoms in total. The van der Waals surface area contributed by atoms with Crippen LogP contribution in [0.5, 0.6) is 0 Å². The first-order valence-electron chi connectivity index (χ1n) is 19.6. The zero-order valence-corrected chi connectivity index (χ0v) is 30.9. The highest BCUT2D eigenvalue weighted by atomic mass is 14.2. The molecule has 0 saturated carbocycles. The van der Waals surface area contributed by atoms with Crippen LogP contribution in [0.1, 0.15) is 217 Å². The van der Waals surface area contributed by atoms with Crippen LogP contribution < -0.4 is 0 Å². The maximum Gasteiger partial charge on any atom is -0.0443 e. The Morgan fingerprint density at radius 1 is 0.220 bits per heavy atom. The van der Waals surface area contributed by atoms with E-state index in [2.05, 4.69) is 69.2 Å². The Balaban J connectivity index is 3.67. The Bertz CT molecular complexity index is 476. The minimum atomic E-state index is 0.926. The smallest absolute Gasteiger partial charge is 0.0443 e. The molecule has 8 atom stereocenters. The van der Waals surface area contributed by atoms with Crippen molar-refractivity contribution in [2.75, 3.05) is 0 Å². The fraction of sp³-hybridized carbons (Fsp3) is 1.00. The van der Waals surface area contributed by atoms with Crippen molar-refractivity contribution in [3.63, 3.8) is 0 Å². The number of rotatable bonds is 30. The minimum absolute atomic E-state index is 0.926. The first-order valence-corrected chi connectivity index (χ1v) is 19.6. The number of hydrogen-bond donors (Lipinski definition) is 0. The lowest BCUT2D eigenvalue weighted by atomic mass is 9.88. The van der Waals surface area contributed by atoms with Crippen molar-refractivity contribution in [2.24, 2.45) is 47.3 Å². The second-order valence-electron chi connectivity index (χ2n) is 16.2. The molecular weight excluding hydrogens is 492 g/mol. The van der Waals surface area contributed by atoms with Gasteiger partial charge in [0.15, 0.2) is 0 Å². The first kappa shape index (κ1) is 41.0. The van der Waals surface area contributed by atoms with Crippen molar-refractivity contribution in [1.82, 2.24) is 0 Å². The van der Waals surface area contributed by atoms with E-state index < -0.39 is 0 Å². The molecule has 0 heterocycles. The SMILES string of the molecule is CCC(C)CCCC(C)CCCC(C)CCCC(C)CCCC(C)CCCC(C)CCCC(C)CCCC(C)CC. The van der Waals surface area contributed by atoms with Gasteiger partial charge >= 0.3 is 0 Å². The van der Waals surface area contributed by atoms with Crippen LogP contribution in [-0.4, -0.2) is 0 Å². The van der Waals surface area contributed by atoms with Crippen LogP contribution in [0.15, 0.2) is 0 Å². The molecule has 0 N–H and O–H groups in total. The molecule has 0 aliphatic heterocycles. The molecule has 0 aliphatic rings. The van der Waals surface area contributed by atoms with Crippen LogP contribution in [0.4, 0.5) is 0 Å². The van der Waals surface area contributed by atoms with Gasteiger partial charge < -0.3 is 0 Å². The summed E-state index contributed by atoms with van der Waals surface area (Å²) >= 11 is 0. The number of hydrogen-bond acceptors (Lipinski definition) is 0. The third-order valence-electron chi connectivity index (χ3n) is 11.2. The lowest BCUT2D eigenvalue weighted by Crippen LogP contribution is -2.03. The lowest BCUT2D eigenvalue weighted by Gasteiger charge is -2.18. The van der Waals surface area contributed by atoms with Gasteiger partial charge in [-0.3, -0.25) is 0 Å². The summed E-state index contributed by atoms with van der Waals surface area (Å²) in [6.45, 7) is 24.5. The fourth-order valence-corrected chi connectivity index (χ4v) is 6.98. The summed E-state index contributed by atoms with van der Waals surface area (Å²) in [5.74, 6) is 7.44. The maximum atomic E-state index is 2.52. The summed E-state index contributed by atoms with van der Waals surface area (Å²) in [7, 11) is 0. The Kier molecular flexibility index (Phi) is 27.5. The average Bonchev–Trinajstić information content (AvgIpc) is 2.92. The molecule has 0 aromatic carbocycles. The Morgan fingerprint density at radius 2 is 0.341 bits per heavy atom. The molecule has 0 spiro atoms. The normalized spacial score (nSPS) is 18.0. The lowest BCUT2D eigenvalue weighted by molar-refractivity contribution is 0.354. The second-order valence-corrected chi connectivity index (χ2v) is 16.2. The average molecular weight is 577 g/mol. The van der Waals surface area contributed by atoms with Crippen molar-refractivity contribution >= 4 is 0 Å². The van der Waals surface area contributed by atoms with Crippen molar-refractivity contribution in [3.05, 3.63) is 0 Å². The van der Waals surface area contributed by atoms with Crippen LogP contribution in [0.25, 0.3) is 0 Å². The predicted molar refractivity (Wildman–Crippen MR) is 191 cm³/mol. The molecule has 0 saturated heterocycles. The van der Waals surface area contributed by atoms with Gasteiger partial charge in [-0.1, -0.05) is 217 Å². The Hall–Kier alpha value is 0. The van der Waals surface area contributed by atoms with E-state index in [0.29, 0.717) is 0 Å². The van der Waals surface area contributed by atoms with Gasteiger partial charge in [0.1, 0.15) is 0 Å². The van der Waals surface area contributed by atoms with Crippen LogP contribution in [0, 0.1) is 47.3 Å². The van der Waals surface area contributed by atoms with Gasteiger partial charge in [-0.05, 0) is 47.3 Å². The van der Waals surface area contributed by atoms with E-state index in [1.165, 1.54) is 148 Å². The third-order valence-corrected chi connectivity index (χ3v) is 11.2. The third kappa shape index (κ3) is 27.3. The van der Waals surface area contributed by atoms with Crippen molar-refractivity contribution in [2.45, 2.75) is 217 Å². The molecule has 0 aromatic heterocycles. The largest absolute Gasteiger partial charge is 0.0651 e. The van der Waals surface area contributed by atoms with E-state index in [4.69, 9.17) is 0 Å². The van der Waals surface area contributed by atoms with Crippen molar-refractivity contribution < 1.29 is 0 Å². The fourth-order valence-electron chi connectivity index (χ4n) is 6.98. The van der Waals surface area contributed by atoms with Crippen molar-refractivity contribution in [1.29, 1.82) is 0 Å². The van der Waals surface area contributed by atoms with Gasteiger partial charge in [-0.2, -0.15) is 0 Å². The zero-order chi connectivity index (χ0) is 30.9. The van der Waals surface area contributed by atoms with Crippen LogP contribution in [-0.2, 0) is 0 Å². The molecule has 248 valence electrons. The quantitative estimate of drug-likeness (QED) is 0.0797. The van der Waals surface area contributed by atoms with E-state index in [-0.39, 0.29) is 0 Å². The molecule has 0 aliphatic carbocycles. The van der Waals surface area contributed by atoms with Gasteiger partial charge in [-0.15, -0.1) is 0 Å². The van der Waals surface area contributed by atoms with Gasteiger partial charge in [-0.25, -0.2) is 0 Å². The molecule has 0 rings (SSSR count). The molecule has 0 radical (unpaired) electrons. The maximum absolute atomic E-state index is 2.52. The molecule has 0 heteroatoms. The molecular formula is C41H84. The minimum Gasteiger partial charge on any atom is -0.0651 e. The van der Waals surface area contributed by atoms with E-state index in [1.54, 1.807) is 0 Å². The van der Waals surface area contributed by atoms with Crippen molar-refractivity contribution in [3.8, 4) is 0 Å². The highest BCUT2D eigenvalue weighted by molar-refractivity contribution is 4.64. The Morgan fingerprint density at radius 3 is 0.463 bits per heavy atom. The second kappa shape index (κ2) is 27.5. The predicted octanol–water partition coefficient (Wildman–Crippen LogP) is 15.1. The summed E-state index contributed by atoms with van der Waals surface area (Å²) < 4.78 is 0. The van der Waals surface area contributed by atoms with Crippen LogP contribution in [0.3, 0.4) is 0 Å². The zero-order valence-electron chi connectivity index (χ0n) is 30.9. The summed E-state index contributed by atoms with van der Waals surface area (Å²) in [5, 5.41) is 0. The van der Waals surface area contributed by atoms with E-state index in [9.17, 15) is 0 Å². The van der Waals surface area contributed by atoms with E-state index in [0.717, 1.165) is 47.3 Å². The van der Waals surface area contributed by atoms with Gasteiger partial charge in [0.05, 0.1) is 0 Å². The van der Waals surface area contributed by atoms with Gasteiger partial charge in [0.25, 0.3) is 0 Å². The van der Waals surface area contributed by atoms with E-state index >= 15 is 0 Å². The summed E-state index contributed by atoms with van der Waals surface area (Å²) in [4.78, 5) is 0. The summed E-state index contributed by atoms with van der Waals surface area (Å²) in [6, 6.07) is 0. The van der Waals surface area contributed by atoms with E-state index in [1.807, 2.05) is 0 Å². The molecule has 8 unspecified atom stereocenters. The molecule has 0 bridgehead atoms. The highest BCUT2D eigenvalue weighted by Crippen LogP contribution is 2.26. The highest BCUT2D eigenvalue weighted by Gasteiger charge is 2.11. The summed E-state index contributed by atoms with van der Waals surface area (Å²) in [6.07, 6.45) is 33.2. The molecule has 41 heavy (non-hydrogen) atoms. The van der Waals surface area contributed by atoms with Gasteiger partial charge in [0, 0.05) is 0 Å².